The Morgan fingerprint density at radius 2 is 2.47 bits per heavy atom. The van der Waals surface area contributed by atoms with E-state index < -0.39 is 0 Å². The van der Waals surface area contributed by atoms with Crippen molar-refractivity contribution in [1.82, 2.24) is 5.32 Å². The van der Waals surface area contributed by atoms with Gasteiger partial charge in [0.2, 0.25) is 0 Å². The Labute approximate surface area is 89.1 Å². The molecule has 0 aromatic carbocycles. The van der Waals surface area contributed by atoms with Gasteiger partial charge in [-0.1, -0.05) is 5.11 Å². The molecule has 2 bridgehead atoms. The van der Waals surface area contributed by atoms with Crippen LogP contribution in [-0.4, -0.2) is 18.6 Å². The number of azide groups is 1. The number of nitrogens with zero attached hydrogens (tertiary/aromatic N) is 4. The van der Waals surface area contributed by atoms with E-state index in [0.29, 0.717) is 19.0 Å². The van der Waals surface area contributed by atoms with Crippen LogP contribution < -0.4 is 5.32 Å². The van der Waals surface area contributed by atoms with Gasteiger partial charge < -0.3 is 0 Å². The summed E-state index contributed by atoms with van der Waals surface area (Å²) in [4.78, 5) is 2.70. The van der Waals surface area contributed by atoms with Crippen molar-refractivity contribution in [2.75, 3.05) is 13.1 Å². The predicted molar refractivity (Wildman–Crippen MR) is 55.8 cm³/mol. The SMILES string of the molecule is N#CC1(NCCN=[N+]=[N-])CC2CCC1C2. The lowest BCUT2D eigenvalue weighted by Crippen LogP contribution is -2.49. The molecule has 0 spiro atoms. The van der Waals surface area contributed by atoms with E-state index in [1.54, 1.807) is 0 Å². The molecule has 5 heteroatoms. The van der Waals surface area contributed by atoms with Crippen molar-refractivity contribution >= 4 is 0 Å². The minimum Gasteiger partial charge on any atom is -0.299 e. The van der Waals surface area contributed by atoms with Crippen LogP contribution in [0.4, 0.5) is 0 Å². The fourth-order valence-electron chi connectivity index (χ4n) is 3.10. The zero-order valence-electron chi connectivity index (χ0n) is 8.69. The van der Waals surface area contributed by atoms with E-state index in [-0.39, 0.29) is 5.54 Å². The number of rotatable bonds is 4. The fourth-order valence-corrected chi connectivity index (χ4v) is 3.10. The zero-order valence-corrected chi connectivity index (χ0v) is 8.69. The van der Waals surface area contributed by atoms with E-state index in [1.165, 1.54) is 19.3 Å². The lowest BCUT2D eigenvalue weighted by molar-refractivity contribution is 0.278. The van der Waals surface area contributed by atoms with Crippen molar-refractivity contribution in [3.63, 3.8) is 0 Å². The van der Waals surface area contributed by atoms with Gasteiger partial charge in [-0.3, -0.25) is 5.32 Å². The lowest BCUT2D eigenvalue weighted by atomic mass is 9.82. The van der Waals surface area contributed by atoms with Gasteiger partial charge in [-0.2, -0.15) is 5.26 Å². The maximum atomic E-state index is 9.28. The van der Waals surface area contributed by atoms with Gasteiger partial charge in [0.15, 0.2) is 0 Å². The highest BCUT2D eigenvalue weighted by atomic mass is 15.1. The number of hydrogen-bond donors (Lipinski definition) is 1. The van der Waals surface area contributed by atoms with Crippen LogP contribution in [0.3, 0.4) is 0 Å². The Morgan fingerprint density at radius 3 is 3.00 bits per heavy atom. The molecule has 0 aliphatic heterocycles. The van der Waals surface area contributed by atoms with Crippen LogP contribution in [-0.2, 0) is 0 Å². The number of hydrogen-bond acceptors (Lipinski definition) is 3. The molecule has 2 aliphatic rings. The van der Waals surface area contributed by atoms with Crippen LogP contribution in [0.1, 0.15) is 25.7 Å². The Bertz CT molecular complexity index is 327. The quantitative estimate of drug-likeness (QED) is 0.329. The molecule has 0 amide bonds. The summed E-state index contributed by atoms with van der Waals surface area (Å²) >= 11 is 0. The van der Waals surface area contributed by atoms with E-state index in [0.717, 1.165) is 12.3 Å². The van der Waals surface area contributed by atoms with Gasteiger partial charge in [0.05, 0.1) is 6.07 Å². The molecule has 0 saturated heterocycles. The summed E-state index contributed by atoms with van der Waals surface area (Å²) in [5.41, 5.74) is 7.82. The summed E-state index contributed by atoms with van der Waals surface area (Å²) in [7, 11) is 0. The molecule has 5 nitrogen and oxygen atoms in total. The van der Waals surface area contributed by atoms with Crippen molar-refractivity contribution in [3.05, 3.63) is 10.4 Å². The molecule has 0 aromatic heterocycles. The summed E-state index contributed by atoms with van der Waals surface area (Å²) in [5, 5.41) is 16.0. The normalized spacial score (nSPS) is 37.3. The Hall–Kier alpha value is -1.24. The minimum absolute atomic E-state index is 0.326. The predicted octanol–water partition coefficient (Wildman–Crippen LogP) is 1.97. The molecular formula is C10H15N5. The smallest absolute Gasteiger partial charge is 0.109 e. The number of fused-ring (bicyclic) bond motifs is 2. The number of nitrogens with one attached hydrogen (secondary N) is 1. The van der Waals surface area contributed by atoms with E-state index in [9.17, 15) is 5.26 Å². The Morgan fingerprint density at radius 1 is 1.60 bits per heavy atom. The summed E-state index contributed by atoms with van der Waals surface area (Å²) in [6.07, 6.45) is 4.63. The van der Waals surface area contributed by atoms with Gasteiger partial charge in [0, 0.05) is 18.0 Å². The first-order valence-corrected chi connectivity index (χ1v) is 5.48. The molecule has 0 aromatic rings. The third-order valence-electron chi connectivity index (χ3n) is 3.76. The van der Waals surface area contributed by atoms with Crippen LogP contribution >= 0.6 is 0 Å². The van der Waals surface area contributed by atoms with Gasteiger partial charge in [-0.25, -0.2) is 0 Å². The van der Waals surface area contributed by atoms with Gasteiger partial charge >= 0.3 is 0 Å². The second kappa shape index (κ2) is 4.09. The van der Waals surface area contributed by atoms with Gasteiger partial charge in [0.25, 0.3) is 0 Å². The summed E-state index contributed by atoms with van der Waals surface area (Å²) < 4.78 is 0. The number of nitriles is 1. The van der Waals surface area contributed by atoms with Gasteiger partial charge in [-0.05, 0) is 43.1 Å². The third-order valence-corrected chi connectivity index (χ3v) is 3.76. The topological polar surface area (TPSA) is 84.6 Å². The van der Waals surface area contributed by atoms with E-state index in [1.807, 2.05) is 0 Å². The monoisotopic (exact) mass is 205 g/mol. The maximum absolute atomic E-state index is 9.28. The fraction of sp³-hybridized carbons (Fsp3) is 0.900. The summed E-state index contributed by atoms with van der Waals surface area (Å²) in [6.45, 7) is 1.04. The van der Waals surface area contributed by atoms with Crippen molar-refractivity contribution < 1.29 is 0 Å². The van der Waals surface area contributed by atoms with E-state index >= 15 is 0 Å². The van der Waals surface area contributed by atoms with Gasteiger partial charge in [-0.15, -0.1) is 0 Å². The van der Waals surface area contributed by atoms with Crippen molar-refractivity contribution in [3.8, 4) is 6.07 Å². The van der Waals surface area contributed by atoms with Crippen LogP contribution in [0.2, 0.25) is 0 Å². The summed E-state index contributed by atoms with van der Waals surface area (Å²) in [6, 6.07) is 2.44. The highest BCUT2D eigenvalue weighted by Gasteiger charge is 2.50. The summed E-state index contributed by atoms with van der Waals surface area (Å²) in [5.74, 6) is 1.25. The van der Waals surface area contributed by atoms with E-state index in [4.69, 9.17) is 5.53 Å². The standard InChI is InChI=1S/C10H15N5/c11-7-10(13-3-4-14-15-12)6-8-1-2-9(10)5-8/h8-9,13H,1-6H2. The van der Waals surface area contributed by atoms with Gasteiger partial charge in [0.1, 0.15) is 5.54 Å². The molecule has 2 aliphatic carbocycles. The molecular weight excluding hydrogens is 190 g/mol. The molecule has 3 atom stereocenters. The average Bonchev–Trinajstić information content (AvgIpc) is 2.85. The highest BCUT2D eigenvalue weighted by Crippen LogP contribution is 2.50. The first kappa shape index (κ1) is 10.3. The molecule has 0 radical (unpaired) electrons. The molecule has 80 valence electrons. The molecule has 1 N–H and O–H groups in total. The molecule has 2 saturated carbocycles. The third kappa shape index (κ3) is 1.79. The van der Waals surface area contributed by atoms with Crippen molar-refractivity contribution in [2.45, 2.75) is 31.2 Å². The molecule has 0 heterocycles. The first-order chi connectivity index (χ1) is 7.30. The van der Waals surface area contributed by atoms with Crippen molar-refractivity contribution in [2.24, 2.45) is 17.0 Å². The molecule has 2 fully saturated rings. The Balaban J connectivity index is 1.93. The van der Waals surface area contributed by atoms with Crippen LogP contribution in [0, 0.1) is 23.2 Å². The van der Waals surface area contributed by atoms with Crippen molar-refractivity contribution in [1.29, 1.82) is 5.26 Å². The van der Waals surface area contributed by atoms with Crippen LogP contribution in [0.25, 0.3) is 10.4 Å². The van der Waals surface area contributed by atoms with E-state index in [2.05, 4.69) is 21.4 Å². The molecule has 2 rings (SSSR count). The highest BCUT2D eigenvalue weighted by molar-refractivity contribution is 5.18. The Kier molecular flexibility index (Phi) is 2.81. The largest absolute Gasteiger partial charge is 0.299 e. The average molecular weight is 205 g/mol. The molecule has 15 heavy (non-hydrogen) atoms. The van der Waals surface area contributed by atoms with Crippen LogP contribution in [0.5, 0.6) is 0 Å². The zero-order chi connectivity index (χ0) is 10.7. The maximum Gasteiger partial charge on any atom is 0.109 e. The first-order valence-electron chi connectivity index (χ1n) is 5.48. The van der Waals surface area contributed by atoms with Crippen LogP contribution in [0.15, 0.2) is 5.11 Å². The lowest BCUT2D eigenvalue weighted by Gasteiger charge is -2.31. The second-order valence-electron chi connectivity index (χ2n) is 4.54. The molecule has 3 unspecified atom stereocenters. The second-order valence-corrected chi connectivity index (χ2v) is 4.54. The minimum atomic E-state index is -0.326.